The molecule has 4 rings (SSSR count). The number of hydrogen-bond donors (Lipinski definition) is 1. The van der Waals surface area contributed by atoms with Crippen LogP contribution in [0.4, 0.5) is 0 Å². The van der Waals surface area contributed by atoms with Gasteiger partial charge < -0.3 is 9.67 Å². The number of rotatable bonds is 3. The molecule has 0 fully saturated rings. The van der Waals surface area contributed by atoms with Crippen molar-refractivity contribution in [3.05, 3.63) is 72.9 Å². The Morgan fingerprint density at radius 3 is 2.58 bits per heavy atom. The zero-order valence-electron chi connectivity index (χ0n) is 13.0. The number of nitrogens with zero attached hydrogens (tertiary/aromatic N) is 5. The Morgan fingerprint density at radius 1 is 1.00 bits per heavy atom. The van der Waals surface area contributed by atoms with E-state index >= 15 is 0 Å². The van der Waals surface area contributed by atoms with Gasteiger partial charge in [-0.1, -0.05) is 6.07 Å². The highest BCUT2D eigenvalue weighted by Gasteiger charge is 2.16. The lowest BCUT2D eigenvalue weighted by molar-refractivity contribution is 0.476. The molecule has 0 bridgehead atoms. The van der Waals surface area contributed by atoms with Gasteiger partial charge in [-0.25, -0.2) is 9.97 Å². The highest BCUT2D eigenvalue weighted by atomic mass is 16.3. The van der Waals surface area contributed by atoms with E-state index < -0.39 is 0 Å². The molecule has 3 aromatic heterocycles. The van der Waals surface area contributed by atoms with Crippen LogP contribution in [0.3, 0.4) is 0 Å². The highest BCUT2D eigenvalue weighted by molar-refractivity contribution is 5.68. The molecule has 0 aliphatic carbocycles. The minimum absolute atomic E-state index is 0.149. The summed E-state index contributed by atoms with van der Waals surface area (Å²) in [6.45, 7) is 1.82. The number of aryl methyl sites for hydroxylation is 1. The van der Waals surface area contributed by atoms with E-state index in [-0.39, 0.29) is 5.75 Å². The number of aromatic nitrogens is 5. The van der Waals surface area contributed by atoms with Gasteiger partial charge in [0, 0.05) is 24.3 Å². The lowest BCUT2D eigenvalue weighted by Gasteiger charge is -2.09. The van der Waals surface area contributed by atoms with Crippen molar-refractivity contribution in [3.63, 3.8) is 0 Å². The minimum Gasteiger partial charge on any atom is -0.507 e. The van der Waals surface area contributed by atoms with Gasteiger partial charge in [0.05, 0.1) is 5.56 Å². The fourth-order valence-electron chi connectivity index (χ4n) is 2.60. The summed E-state index contributed by atoms with van der Waals surface area (Å²) in [5, 5.41) is 14.8. The molecule has 1 N–H and O–H groups in total. The van der Waals surface area contributed by atoms with E-state index in [2.05, 4.69) is 15.1 Å². The summed E-state index contributed by atoms with van der Waals surface area (Å²) in [4.78, 5) is 8.81. The van der Waals surface area contributed by atoms with Crippen LogP contribution in [0.5, 0.6) is 5.75 Å². The van der Waals surface area contributed by atoms with Crippen LogP contribution in [-0.2, 0) is 0 Å². The van der Waals surface area contributed by atoms with E-state index in [0.717, 1.165) is 5.69 Å². The first-order valence-corrected chi connectivity index (χ1v) is 7.54. The van der Waals surface area contributed by atoms with Crippen molar-refractivity contribution in [1.82, 2.24) is 24.3 Å². The van der Waals surface area contributed by atoms with Gasteiger partial charge in [-0.3, -0.25) is 0 Å². The maximum atomic E-state index is 10.4. The van der Waals surface area contributed by atoms with Crippen molar-refractivity contribution >= 4 is 0 Å². The molecular formula is C18H15N5O. The van der Waals surface area contributed by atoms with Crippen molar-refractivity contribution in [2.24, 2.45) is 0 Å². The molecule has 6 heteroatoms. The predicted molar refractivity (Wildman–Crippen MR) is 90.3 cm³/mol. The lowest BCUT2D eigenvalue weighted by atomic mass is 10.1. The molecule has 0 unspecified atom stereocenters. The Balaban J connectivity index is 1.90. The molecule has 0 radical (unpaired) electrons. The number of aromatic hydroxyl groups is 1. The monoisotopic (exact) mass is 317 g/mol. The minimum atomic E-state index is 0.149. The summed E-state index contributed by atoms with van der Waals surface area (Å²) < 4.78 is 3.61. The molecular weight excluding hydrogens is 302 g/mol. The van der Waals surface area contributed by atoms with Crippen LogP contribution in [0.2, 0.25) is 0 Å². The molecule has 6 nitrogen and oxygen atoms in total. The van der Waals surface area contributed by atoms with Crippen molar-refractivity contribution in [2.45, 2.75) is 6.92 Å². The quantitative estimate of drug-likeness (QED) is 0.630. The lowest BCUT2D eigenvalue weighted by Crippen LogP contribution is -2.02. The Kier molecular flexibility index (Phi) is 3.35. The van der Waals surface area contributed by atoms with Gasteiger partial charge in [-0.15, -0.1) is 5.10 Å². The van der Waals surface area contributed by atoms with E-state index in [1.165, 1.54) is 0 Å². The first-order valence-electron chi connectivity index (χ1n) is 7.54. The predicted octanol–water partition coefficient (Wildman–Crippen LogP) is 3.13. The molecule has 0 spiro atoms. The molecule has 4 aromatic rings. The third-order valence-electron chi connectivity index (χ3n) is 3.70. The maximum absolute atomic E-state index is 10.4. The molecule has 0 amide bonds. The third-order valence-corrected chi connectivity index (χ3v) is 3.70. The summed E-state index contributed by atoms with van der Waals surface area (Å²) in [5.74, 6) is 1.97. The van der Waals surface area contributed by atoms with Crippen molar-refractivity contribution in [2.75, 3.05) is 0 Å². The zero-order chi connectivity index (χ0) is 16.5. The molecule has 0 aliphatic heterocycles. The van der Waals surface area contributed by atoms with Crippen LogP contribution in [0.25, 0.3) is 22.9 Å². The second kappa shape index (κ2) is 5.66. The van der Waals surface area contributed by atoms with Crippen LogP contribution < -0.4 is 0 Å². The third kappa shape index (κ3) is 2.44. The average molecular weight is 317 g/mol. The fourth-order valence-corrected chi connectivity index (χ4v) is 2.60. The number of phenols is 1. The Hall–Kier alpha value is -3.41. The highest BCUT2D eigenvalue weighted by Crippen LogP contribution is 2.31. The van der Waals surface area contributed by atoms with Gasteiger partial charge in [0.25, 0.3) is 0 Å². The summed E-state index contributed by atoms with van der Waals surface area (Å²) in [6, 6.07) is 14.9. The molecule has 0 aliphatic rings. The number of benzene rings is 1. The van der Waals surface area contributed by atoms with Crippen LogP contribution in [0, 0.1) is 6.92 Å². The first kappa shape index (κ1) is 14.2. The summed E-state index contributed by atoms with van der Waals surface area (Å²) in [6.07, 6.45) is 5.60. The van der Waals surface area contributed by atoms with Crippen molar-refractivity contribution < 1.29 is 5.11 Å². The van der Waals surface area contributed by atoms with E-state index in [4.69, 9.17) is 0 Å². The Labute approximate surface area is 138 Å². The topological polar surface area (TPSA) is 68.8 Å². The van der Waals surface area contributed by atoms with Gasteiger partial charge in [0.2, 0.25) is 0 Å². The SMILES string of the molecule is Cc1nc(-c2cc(-n3cccc3)ccc2O)n(-c2ccccn2)n1. The fraction of sp³-hybridized carbons (Fsp3) is 0.0556. The molecule has 0 saturated carbocycles. The standard InChI is InChI=1S/C18H15N5O/c1-13-20-18(23(21-13)17-6-2-3-9-19-17)15-12-14(7-8-16(15)24)22-10-4-5-11-22/h2-12,24H,1H3. The molecule has 0 atom stereocenters. The number of phenolic OH excluding ortho intramolecular Hbond substituents is 1. The summed E-state index contributed by atoms with van der Waals surface area (Å²) in [5.41, 5.74) is 1.54. The normalized spacial score (nSPS) is 10.9. The zero-order valence-corrected chi connectivity index (χ0v) is 13.0. The van der Waals surface area contributed by atoms with Gasteiger partial charge >= 0.3 is 0 Å². The number of hydrogen-bond acceptors (Lipinski definition) is 4. The van der Waals surface area contributed by atoms with Crippen molar-refractivity contribution in [1.29, 1.82) is 0 Å². The molecule has 1 aromatic carbocycles. The average Bonchev–Trinajstić information content (AvgIpc) is 3.26. The van der Waals surface area contributed by atoms with Gasteiger partial charge in [0.15, 0.2) is 11.6 Å². The van der Waals surface area contributed by atoms with Crippen LogP contribution >= 0.6 is 0 Å². The van der Waals surface area contributed by atoms with E-state index in [1.807, 2.05) is 66.3 Å². The van der Waals surface area contributed by atoms with Crippen molar-refractivity contribution in [3.8, 4) is 28.6 Å². The molecule has 3 heterocycles. The van der Waals surface area contributed by atoms with E-state index in [0.29, 0.717) is 23.0 Å². The van der Waals surface area contributed by atoms with Gasteiger partial charge in [-0.2, -0.15) is 4.68 Å². The molecule has 24 heavy (non-hydrogen) atoms. The molecule has 118 valence electrons. The van der Waals surface area contributed by atoms with E-state index in [1.54, 1.807) is 16.9 Å². The largest absolute Gasteiger partial charge is 0.507 e. The van der Waals surface area contributed by atoms with Gasteiger partial charge in [-0.05, 0) is 49.4 Å². The van der Waals surface area contributed by atoms with Crippen LogP contribution in [0.1, 0.15) is 5.82 Å². The first-order chi connectivity index (χ1) is 11.7. The number of pyridine rings is 1. The summed E-state index contributed by atoms with van der Waals surface area (Å²) >= 11 is 0. The summed E-state index contributed by atoms with van der Waals surface area (Å²) in [7, 11) is 0. The smallest absolute Gasteiger partial charge is 0.169 e. The Bertz CT molecular complexity index is 974. The molecule has 0 saturated heterocycles. The van der Waals surface area contributed by atoms with Crippen LogP contribution in [0.15, 0.2) is 67.1 Å². The maximum Gasteiger partial charge on any atom is 0.169 e. The van der Waals surface area contributed by atoms with E-state index in [9.17, 15) is 5.11 Å². The van der Waals surface area contributed by atoms with Gasteiger partial charge in [0.1, 0.15) is 11.6 Å². The van der Waals surface area contributed by atoms with Crippen LogP contribution in [-0.4, -0.2) is 29.4 Å². The Morgan fingerprint density at radius 2 is 1.83 bits per heavy atom. The second-order valence-electron chi connectivity index (χ2n) is 5.37. The second-order valence-corrected chi connectivity index (χ2v) is 5.37.